The van der Waals surface area contributed by atoms with Gasteiger partial charge >= 0.3 is 0 Å². The lowest BCUT2D eigenvalue weighted by atomic mass is 9.64. The third kappa shape index (κ3) is 4.46. The molecule has 0 aromatic heterocycles. The number of nitrogens with one attached hydrogen (secondary N) is 1. The van der Waals surface area contributed by atoms with Crippen molar-refractivity contribution in [2.75, 3.05) is 41.3 Å². The second-order valence-corrected chi connectivity index (χ2v) is 9.23. The molecule has 2 aromatic carbocycles. The van der Waals surface area contributed by atoms with Crippen LogP contribution < -0.4 is 29.0 Å². The number of carbonyl (C=O) groups is 1. The van der Waals surface area contributed by atoms with Gasteiger partial charge in [-0.1, -0.05) is 13.8 Å². The third-order valence-corrected chi connectivity index (χ3v) is 6.70. The molecule has 0 saturated carbocycles. The van der Waals surface area contributed by atoms with Crippen LogP contribution in [0.4, 0.5) is 0 Å². The van der Waals surface area contributed by atoms with Gasteiger partial charge in [-0.2, -0.15) is 0 Å². The molecule has 0 bridgehead atoms. The number of fused-ring (bicyclic) bond motifs is 2. The van der Waals surface area contributed by atoms with Gasteiger partial charge in [-0.05, 0) is 46.9 Å². The van der Waals surface area contributed by atoms with Crippen molar-refractivity contribution >= 4 is 5.91 Å². The van der Waals surface area contributed by atoms with Crippen LogP contribution in [-0.2, 0) is 4.79 Å². The van der Waals surface area contributed by atoms with Crippen molar-refractivity contribution in [2.24, 2.45) is 17.8 Å². The Morgan fingerprint density at radius 2 is 1.63 bits per heavy atom. The molecule has 190 valence electrons. The van der Waals surface area contributed by atoms with Crippen LogP contribution in [0.1, 0.15) is 42.6 Å². The number of hydrogen-bond acceptors (Lipinski definition) is 8. The van der Waals surface area contributed by atoms with Gasteiger partial charge in [-0.25, -0.2) is 0 Å². The Labute approximate surface area is 204 Å². The van der Waals surface area contributed by atoms with Gasteiger partial charge in [0.2, 0.25) is 18.4 Å². The van der Waals surface area contributed by atoms with E-state index in [0.717, 1.165) is 5.56 Å². The lowest BCUT2D eigenvalue weighted by molar-refractivity contribution is -0.131. The van der Waals surface area contributed by atoms with E-state index in [0.29, 0.717) is 46.4 Å². The molecule has 1 aliphatic heterocycles. The highest BCUT2D eigenvalue weighted by Gasteiger charge is 2.47. The second-order valence-electron chi connectivity index (χ2n) is 9.23. The lowest BCUT2D eigenvalue weighted by Crippen LogP contribution is -2.46. The molecule has 1 aliphatic carbocycles. The Hall–Kier alpha value is -3.17. The summed E-state index contributed by atoms with van der Waals surface area (Å²) in [6.07, 6.45) is -1.07. The monoisotopic (exact) mass is 487 g/mol. The Bertz CT molecular complexity index is 1060. The number of hydrogen-bond donors (Lipinski definition) is 3. The summed E-state index contributed by atoms with van der Waals surface area (Å²) in [5.41, 5.74) is 2.01. The number of aliphatic hydroxyl groups is 2. The fourth-order valence-corrected chi connectivity index (χ4v) is 5.02. The zero-order valence-corrected chi connectivity index (χ0v) is 20.7. The normalized spacial score (nSPS) is 22.5. The summed E-state index contributed by atoms with van der Waals surface area (Å²) in [6.45, 7) is 4.18. The van der Waals surface area contributed by atoms with E-state index in [1.807, 2.05) is 19.9 Å². The first-order valence-corrected chi connectivity index (χ1v) is 11.6. The van der Waals surface area contributed by atoms with E-state index in [1.54, 1.807) is 18.2 Å². The van der Waals surface area contributed by atoms with E-state index in [-0.39, 0.29) is 25.2 Å². The van der Waals surface area contributed by atoms with Crippen molar-refractivity contribution in [1.29, 1.82) is 0 Å². The topological polar surface area (TPSA) is 116 Å². The van der Waals surface area contributed by atoms with Gasteiger partial charge in [0.25, 0.3) is 0 Å². The zero-order valence-electron chi connectivity index (χ0n) is 20.7. The Morgan fingerprint density at radius 1 is 1.03 bits per heavy atom. The molecule has 9 heteroatoms. The molecule has 3 N–H and O–H groups in total. The summed E-state index contributed by atoms with van der Waals surface area (Å²) in [5, 5.41) is 24.6. The first-order chi connectivity index (χ1) is 16.8. The first kappa shape index (κ1) is 24.9. The minimum absolute atomic E-state index is 0.0743. The van der Waals surface area contributed by atoms with Crippen molar-refractivity contribution in [3.8, 4) is 28.7 Å². The van der Waals surface area contributed by atoms with Crippen LogP contribution in [0, 0.1) is 17.8 Å². The standard InChI is InChI=1S/C26H33NO8/c1-13(2)10-27-26(30)23-17(11-28)24(29)16-9-19-18(34-12-35-19)8-15(16)22(23)14-6-20(31-3)25(33-5)21(7-14)32-4/h6-9,13,17,22-24,28-29H,10-12H2,1-5H3,(H,27,30)/t17-,22+,23-,24-/m0/s1. The maximum atomic E-state index is 13.6. The van der Waals surface area contributed by atoms with Crippen LogP contribution in [0.5, 0.6) is 28.7 Å². The lowest BCUT2D eigenvalue weighted by Gasteiger charge is -2.41. The van der Waals surface area contributed by atoms with Gasteiger partial charge in [0.1, 0.15) is 0 Å². The first-order valence-electron chi connectivity index (χ1n) is 11.6. The van der Waals surface area contributed by atoms with Gasteiger partial charge in [0, 0.05) is 25.0 Å². The summed E-state index contributed by atoms with van der Waals surface area (Å²) < 4.78 is 27.8. The number of benzene rings is 2. The largest absolute Gasteiger partial charge is 0.493 e. The van der Waals surface area contributed by atoms with Gasteiger partial charge in [0.15, 0.2) is 23.0 Å². The summed E-state index contributed by atoms with van der Waals surface area (Å²) in [7, 11) is 4.58. The predicted octanol–water partition coefficient (Wildman–Crippen LogP) is 2.62. The minimum Gasteiger partial charge on any atom is -0.493 e. The smallest absolute Gasteiger partial charge is 0.231 e. The molecule has 35 heavy (non-hydrogen) atoms. The number of rotatable bonds is 8. The summed E-state index contributed by atoms with van der Waals surface area (Å²) >= 11 is 0. The number of carbonyl (C=O) groups excluding carboxylic acids is 1. The van der Waals surface area contributed by atoms with Crippen molar-refractivity contribution in [3.05, 3.63) is 41.0 Å². The Morgan fingerprint density at radius 3 is 2.14 bits per heavy atom. The fourth-order valence-electron chi connectivity index (χ4n) is 5.02. The molecule has 4 rings (SSSR count). The van der Waals surface area contributed by atoms with E-state index >= 15 is 0 Å². The van der Waals surface area contributed by atoms with Crippen molar-refractivity contribution in [3.63, 3.8) is 0 Å². The van der Waals surface area contributed by atoms with Crippen LogP contribution in [0.3, 0.4) is 0 Å². The number of amides is 1. The van der Waals surface area contributed by atoms with E-state index in [2.05, 4.69) is 5.32 Å². The van der Waals surface area contributed by atoms with E-state index in [4.69, 9.17) is 23.7 Å². The summed E-state index contributed by atoms with van der Waals surface area (Å²) in [4.78, 5) is 13.6. The quantitative estimate of drug-likeness (QED) is 0.521. The number of ether oxygens (including phenoxy) is 5. The summed E-state index contributed by atoms with van der Waals surface area (Å²) in [6, 6.07) is 7.15. The van der Waals surface area contributed by atoms with Crippen LogP contribution in [-0.4, -0.2) is 57.4 Å². The Balaban J connectivity index is 1.94. The fraction of sp³-hybridized carbons (Fsp3) is 0.500. The maximum Gasteiger partial charge on any atom is 0.231 e. The van der Waals surface area contributed by atoms with Crippen molar-refractivity contribution < 1.29 is 38.7 Å². The molecule has 2 aliphatic rings. The molecule has 0 fully saturated rings. The van der Waals surface area contributed by atoms with Crippen LogP contribution >= 0.6 is 0 Å². The number of aliphatic hydroxyl groups excluding tert-OH is 2. The van der Waals surface area contributed by atoms with Gasteiger partial charge in [-0.3, -0.25) is 4.79 Å². The molecule has 1 amide bonds. The van der Waals surface area contributed by atoms with E-state index in [1.165, 1.54) is 21.3 Å². The maximum absolute atomic E-state index is 13.6. The molecule has 0 unspecified atom stereocenters. The molecule has 1 heterocycles. The zero-order chi connectivity index (χ0) is 25.3. The van der Waals surface area contributed by atoms with Crippen LogP contribution in [0.15, 0.2) is 24.3 Å². The molecule has 0 radical (unpaired) electrons. The predicted molar refractivity (Wildman–Crippen MR) is 127 cm³/mol. The average molecular weight is 488 g/mol. The average Bonchev–Trinajstić information content (AvgIpc) is 3.32. The van der Waals surface area contributed by atoms with Gasteiger partial charge in [-0.15, -0.1) is 0 Å². The second kappa shape index (κ2) is 10.2. The molecule has 4 atom stereocenters. The SMILES string of the molecule is COc1cc([C@@H]2c3cc4c(cc3[C@H](O)[C@@H](CO)[C@@H]2C(=O)NCC(C)C)OCO4)cc(OC)c1OC. The highest BCUT2D eigenvalue weighted by Crippen LogP contribution is 2.53. The third-order valence-electron chi connectivity index (χ3n) is 6.70. The molecule has 0 spiro atoms. The molecule has 2 aromatic rings. The van der Waals surface area contributed by atoms with Gasteiger partial charge in [0.05, 0.1) is 33.4 Å². The highest BCUT2D eigenvalue weighted by atomic mass is 16.7. The molecule has 9 nitrogen and oxygen atoms in total. The molecule has 0 saturated heterocycles. The number of methoxy groups -OCH3 is 3. The van der Waals surface area contributed by atoms with Crippen LogP contribution in [0.25, 0.3) is 0 Å². The minimum atomic E-state index is -1.07. The molecular formula is C26H33NO8. The molecular weight excluding hydrogens is 454 g/mol. The van der Waals surface area contributed by atoms with E-state index < -0.39 is 23.9 Å². The Kier molecular flexibility index (Phi) is 7.28. The van der Waals surface area contributed by atoms with E-state index in [9.17, 15) is 15.0 Å². The van der Waals surface area contributed by atoms with Crippen LogP contribution in [0.2, 0.25) is 0 Å². The summed E-state index contributed by atoms with van der Waals surface area (Å²) in [5.74, 6) is 0.293. The van der Waals surface area contributed by atoms with Crippen molar-refractivity contribution in [1.82, 2.24) is 5.32 Å². The van der Waals surface area contributed by atoms with Crippen molar-refractivity contribution in [2.45, 2.75) is 25.9 Å². The van der Waals surface area contributed by atoms with Gasteiger partial charge < -0.3 is 39.2 Å². The highest BCUT2D eigenvalue weighted by molar-refractivity contribution is 5.82.